The summed E-state index contributed by atoms with van der Waals surface area (Å²) in [5.41, 5.74) is 0. The maximum atomic E-state index is 5.47. The molecule has 0 spiro atoms. The average Bonchev–Trinajstić information content (AvgIpc) is 3.33. The van der Waals surface area contributed by atoms with E-state index in [1.807, 2.05) is 12.1 Å². The standard InChI is InChI=1S/C20H35N3O2.HI/c1-3-5-7-17(4-2)14-22-20(23-15-18-10-13-24-16-18)21-11-9-19-8-6-12-25-19;/h6,8,12,17-18H,3-5,7,9-11,13-16H2,1-2H3,(H2,21,22,23);1H. The van der Waals surface area contributed by atoms with Crippen LogP contribution in [0, 0.1) is 11.8 Å². The zero-order chi connectivity index (χ0) is 17.7. The first kappa shape index (κ1) is 23.3. The fraction of sp³-hybridized carbons (Fsp3) is 0.750. The van der Waals surface area contributed by atoms with Gasteiger partial charge in [0.15, 0.2) is 5.96 Å². The average molecular weight is 477 g/mol. The van der Waals surface area contributed by atoms with Crippen molar-refractivity contribution in [3.8, 4) is 0 Å². The first-order valence-electron chi connectivity index (χ1n) is 9.94. The van der Waals surface area contributed by atoms with Gasteiger partial charge in [0.1, 0.15) is 5.76 Å². The maximum absolute atomic E-state index is 5.47. The second kappa shape index (κ2) is 14.3. The van der Waals surface area contributed by atoms with Crippen molar-refractivity contribution in [2.75, 3.05) is 32.8 Å². The van der Waals surface area contributed by atoms with E-state index in [9.17, 15) is 0 Å². The van der Waals surface area contributed by atoms with E-state index in [2.05, 4.69) is 24.5 Å². The van der Waals surface area contributed by atoms with Gasteiger partial charge >= 0.3 is 0 Å². The van der Waals surface area contributed by atoms with Crippen molar-refractivity contribution in [1.29, 1.82) is 0 Å². The highest BCUT2D eigenvalue weighted by atomic mass is 127. The van der Waals surface area contributed by atoms with Gasteiger partial charge in [-0.25, -0.2) is 0 Å². The van der Waals surface area contributed by atoms with Crippen molar-refractivity contribution < 1.29 is 9.15 Å². The quantitative estimate of drug-likeness (QED) is 0.285. The molecule has 1 aromatic rings. The molecular formula is C20H36IN3O2. The molecule has 0 bridgehead atoms. The Morgan fingerprint density at radius 2 is 2.23 bits per heavy atom. The summed E-state index contributed by atoms with van der Waals surface area (Å²) in [7, 11) is 0. The third kappa shape index (κ3) is 9.26. The minimum atomic E-state index is 0. The summed E-state index contributed by atoms with van der Waals surface area (Å²) in [6, 6.07) is 3.95. The largest absolute Gasteiger partial charge is 0.469 e. The number of halogens is 1. The Labute approximate surface area is 175 Å². The molecule has 0 saturated carbocycles. The maximum Gasteiger partial charge on any atom is 0.191 e. The van der Waals surface area contributed by atoms with Gasteiger partial charge in [0, 0.05) is 38.6 Å². The molecule has 0 amide bonds. The summed E-state index contributed by atoms with van der Waals surface area (Å²) >= 11 is 0. The molecule has 2 heterocycles. The molecule has 2 unspecified atom stereocenters. The molecule has 1 aliphatic rings. The van der Waals surface area contributed by atoms with Crippen molar-refractivity contribution in [3.63, 3.8) is 0 Å². The number of aliphatic imine (C=N–C) groups is 1. The van der Waals surface area contributed by atoms with Gasteiger partial charge < -0.3 is 19.8 Å². The topological polar surface area (TPSA) is 58.8 Å². The first-order valence-corrected chi connectivity index (χ1v) is 9.94. The number of unbranched alkanes of at least 4 members (excludes halogenated alkanes) is 1. The van der Waals surface area contributed by atoms with Gasteiger partial charge in [-0.15, -0.1) is 24.0 Å². The highest BCUT2D eigenvalue weighted by Gasteiger charge is 2.16. The van der Waals surface area contributed by atoms with Crippen LogP contribution in [0.1, 0.15) is 51.7 Å². The SMILES string of the molecule is CCCCC(CC)CN=C(NCCc1ccco1)NCC1CCOC1.I. The van der Waals surface area contributed by atoms with E-state index < -0.39 is 0 Å². The third-order valence-electron chi connectivity index (χ3n) is 4.88. The Hall–Kier alpha value is -0.760. The van der Waals surface area contributed by atoms with E-state index >= 15 is 0 Å². The van der Waals surface area contributed by atoms with Crippen LogP contribution in [0.3, 0.4) is 0 Å². The molecule has 1 aromatic heterocycles. The van der Waals surface area contributed by atoms with Gasteiger partial charge in [0.25, 0.3) is 0 Å². The summed E-state index contributed by atoms with van der Waals surface area (Å²) in [5.74, 6) is 3.21. The molecule has 5 nitrogen and oxygen atoms in total. The monoisotopic (exact) mass is 477 g/mol. The second-order valence-corrected chi connectivity index (χ2v) is 6.97. The van der Waals surface area contributed by atoms with Gasteiger partial charge in [-0.2, -0.15) is 0 Å². The van der Waals surface area contributed by atoms with Crippen molar-refractivity contribution >= 4 is 29.9 Å². The van der Waals surface area contributed by atoms with E-state index in [1.165, 1.54) is 25.7 Å². The van der Waals surface area contributed by atoms with Gasteiger partial charge in [-0.05, 0) is 30.9 Å². The molecule has 2 rings (SSSR count). The van der Waals surface area contributed by atoms with E-state index in [-0.39, 0.29) is 24.0 Å². The molecule has 0 aliphatic carbocycles. The molecular weight excluding hydrogens is 441 g/mol. The van der Waals surface area contributed by atoms with Crippen LogP contribution in [0.2, 0.25) is 0 Å². The summed E-state index contributed by atoms with van der Waals surface area (Å²) < 4.78 is 10.9. The van der Waals surface area contributed by atoms with Crippen LogP contribution >= 0.6 is 24.0 Å². The van der Waals surface area contributed by atoms with Crippen LogP contribution in [0.15, 0.2) is 27.8 Å². The summed E-state index contributed by atoms with van der Waals surface area (Å²) in [4.78, 5) is 4.85. The van der Waals surface area contributed by atoms with Crippen molar-refractivity contribution in [1.82, 2.24) is 10.6 Å². The number of hydrogen-bond acceptors (Lipinski definition) is 3. The number of hydrogen-bond donors (Lipinski definition) is 2. The molecule has 0 aromatic carbocycles. The first-order chi connectivity index (χ1) is 12.3. The lowest BCUT2D eigenvalue weighted by Gasteiger charge is -2.17. The zero-order valence-electron chi connectivity index (χ0n) is 16.3. The van der Waals surface area contributed by atoms with Crippen LogP contribution in [-0.4, -0.2) is 38.8 Å². The number of nitrogens with one attached hydrogen (secondary N) is 2. The van der Waals surface area contributed by atoms with E-state index in [4.69, 9.17) is 14.1 Å². The third-order valence-corrected chi connectivity index (χ3v) is 4.88. The minimum Gasteiger partial charge on any atom is -0.469 e. The molecule has 6 heteroatoms. The lowest BCUT2D eigenvalue weighted by Crippen LogP contribution is -2.41. The van der Waals surface area contributed by atoms with Crippen molar-refractivity contribution in [2.24, 2.45) is 16.8 Å². The fourth-order valence-corrected chi connectivity index (χ4v) is 3.06. The Balaban J connectivity index is 0.00000338. The Bertz CT molecular complexity index is 473. The molecule has 1 fully saturated rings. The molecule has 150 valence electrons. The van der Waals surface area contributed by atoms with Crippen LogP contribution in [0.25, 0.3) is 0 Å². The predicted molar refractivity (Wildman–Crippen MR) is 118 cm³/mol. The minimum absolute atomic E-state index is 0. The number of nitrogens with zero attached hydrogens (tertiary/aromatic N) is 1. The Kier molecular flexibility index (Phi) is 12.8. The molecule has 0 radical (unpaired) electrons. The van der Waals surface area contributed by atoms with Gasteiger partial charge in [-0.3, -0.25) is 4.99 Å². The second-order valence-electron chi connectivity index (χ2n) is 6.97. The van der Waals surface area contributed by atoms with Crippen LogP contribution in [0.5, 0.6) is 0 Å². The molecule has 2 N–H and O–H groups in total. The molecule has 1 saturated heterocycles. The van der Waals surface area contributed by atoms with Crippen LogP contribution in [0.4, 0.5) is 0 Å². The van der Waals surface area contributed by atoms with Crippen LogP contribution < -0.4 is 10.6 Å². The molecule has 26 heavy (non-hydrogen) atoms. The summed E-state index contributed by atoms with van der Waals surface area (Å²) in [6.45, 7) is 8.92. The van der Waals surface area contributed by atoms with E-state index in [0.29, 0.717) is 11.8 Å². The van der Waals surface area contributed by atoms with E-state index in [1.54, 1.807) is 6.26 Å². The smallest absolute Gasteiger partial charge is 0.191 e. The number of guanidine groups is 1. The Morgan fingerprint density at radius 3 is 2.88 bits per heavy atom. The lowest BCUT2D eigenvalue weighted by molar-refractivity contribution is 0.186. The summed E-state index contributed by atoms with van der Waals surface area (Å²) in [6.07, 6.45) is 8.75. The van der Waals surface area contributed by atoms with Gasteiger partial charge in [0.05, 0.1) is 12.9 Å². The van der Waals surface area contributed by atoms with Crippen molar-refractivity contribution in [2.45, 2.75) is 52.4 Å². The number of furan rings is 1. The van der Waals surface area contributed by atoms with E-state index in [0.717, 1.165) is 57.4 Å². The number of ether oxygens (including phenoxy) is 1. The zero-order valence-corrected chi connectivity index (χ0v) is 18.7. The highest BCUT2D eigenvalue weighted by Crippen LogP contribution is 2.13. The van der Waals surface area contributed by atoms with Gasteiger partial charge in [0.2, 0.25) is 0 Å². The molecule has 2 atom stereocenters. The fourth-order valence-electron chi connectivity index (χ4n) is 3.06. The lowest BCUT2D eigenvalue weighted by atomic mass is 10.00. The van der Waals surface area contributed by atoms with Crippen LogP contribution in [-0.2, 0) is 11.2 Å². The number of rotatable bonds is 11. The highest BCUT2D eigenvalue weighted by molar-refractivity contribution is 14.0. The summed E-state index contributed by atoms with van der Waals surface area (Å²) in [5, 5.41) is 6.96. The predicted octanol–water partition coefficient (Wildman–Crippen LogP) is 4.23. The normalized spacial score (nSPS) is 18.4. The molecule has 1 aliphatic heterocycles. The van der Waals surface area contributed by atoms with Gasteiger partial charge in [-0.1, -0.05) is 33.1 Å². The Morgan fingerprint density at radius 1 is 1.35 bits per heavy atom. The van der Waals surface area contributed by atoms with Crippen molar-refractivity contribution in [3.05, 3.63) is 24.2 Å².